The van der Waals surface area contributed by atoms with Gasteiger partial charge in [-0.05, 0) is 80.5 Å². The predicted molar refractivity (Wildman–Crippen MR) is 129 cm³/mol. The van der Waals surface area contributed by atoms with Crippen LogP contribution < -0.4 is 10.6 Å². The maximum Gasteiger partial charge on any atom is 0.256 e. The Hall–Kier alpha value is -3.68. The molecule has 178 valence electrons. The van der Waals surface area contributed by atoms with Crippen LogP contribution in [-0.2, 0) is 27.2 Å². The molecule has 8 heteroatoms. The topological polar surface area (TPSA) is 94.3 Å². The molecule has 1 aromatic heterocycles. The lowest BCUT2D eigenvalue weighted by atomic mass is 9.86. The van der Waals surface area contributed by atoms with Gasteiger partial charge in [-0.25, -0.2) is 4.39 Å². The third-order valence-electron chi connectivity index (χ3n) is 6.90. The molecule has 2 aliphatic rings. The van der Waals surface area contributed by atoms with Crippen molar-refractivity contribution in [1.29, 1.82) is 0 Å². The predicted octanol–water partition coefficient (Wildman–Crippen LogP) is 3.21. The molecule has 1 aromatic carbocycles. The van der Waals surface area contributed by atoms with Gasteiger partial charge < -0.3 is 20.5 Å². The van der Waals surface area contributed by atoms with E-state index in [1.165, 1.54) is 28.7 Å². The molecule has 0 radical (unpaired) electrons. The highest BCUT2D eigenvalue weighted by Crippen LogP contribution is 2.36. The number of amides is 3. The van der Waals surface area contributed by atoms with E-state index in [0.29, 0.717) is 23.4 Å². The fourth-order valence-electron chi connectivity index (χ4n) is 4.64. The van der Waals surface area contributed by atoms with Crippen LogP contribution in [0, 0.1) is 18.7 Å². The largest absolute Gasteiger partial charge is 0.358 e. The van der Waals surface area contributed by atoms with Gasteiger partial charge in [0.1, 0.15) is 11.9 Å². The van der Waals surface area contributed by atoms with E-state index in [0.717, 1.165) is 36.2 Å². The summed E-state index contributed by atoms with van der Waals surface area (Å²) in [5.41, 5.74) is 5.86. The number of rotatable bonds is 6. The smallest absolute Gasteiger partial charge is 0.256 e. The van der Waals surface area contributed by atoms with Crippen molar-refractivity contribution in [1.82, 2.24) is 15.2 Å². The highest BCUT2D eigenvalue weighted by atomic mass is 19.1. The molecule has 0 saturated heterocycles. The van der Waals surface area contributed by atoms with Gasteiger partial charge in [-0.1, -0.05) is 6.58 Å². The molecule has 1 aliphatic heterocycles. The number of anilines is 1. The fraction of sp³-hybridized carbons (Fsp3) is 0.346. The van der Waals surface area contributed by atoms with Crippen molar-refractivity contribution in [3.8, 4) is 0 Å². The molecule has 4 rings (SSSR count). The zero-order valence-electron chi connectivity index (χ0n) is 19.6. The molecule has 2 heterocycles. The van der Waals surface area contributed by atoms with Crippen LogP contribution in [0.2, 0.25) is 0 Å². The monoisotopic (exact) mass is 464 g/mol. The Morgan fingerprint density at radius 3 is 2.88 bits per heavy atom. The Morgan fingerprint density at radius 2 is 2.15 bits per heavy atom. The zero-order chi connectivity index (χ0) is 24.6. The van der Waals surface area contributed by atoms with Gasteiger partial charge in [0.05, 0.1) is 5.57 Å². The zero-order valence-corrected chi connectivity index (χ0v) is 19.6. The van der Waals surface area contributed by atoms with Gasteiger partial charge in [0, 0.05) is 36.2 Å². The second kappa shape index (κ2) is 9.29. The molecule has 0 unspecified atom stereocenters. The van der Waals surface area contributed by atoms with Crippen molar-refractivity contribution in [2.75, 3.05) is 18.9 Å². The summed E-state index contributed by atoms with van der Waals surface area (Å²) in [6.45, 7) is 7.68. The molecule has 0 saturated carbocycles. The Labute approximate surface area is 198 Å². The molecule has 7 nitrogen and oxygen atoms in total. The Kier molecular flexibility index (Phi) is 6.41. The van der Waals surface area contributed by atoms with Gasteiger partial charge in [0.15, 0.2) is 0 Å². The molecule has 1 aliphatic carbocycles. The molecule has 0 fully saturated rings. The first-order valence-corrected chi connectivity index (χ1v) is 11.4. The summed E-state index contributed by atoms with van der Waals surface area (Å²) in [5.74, 6) is -0.873. The number of aromatic nitrogens is 1. The molecule has 2 atom stereocenters. The Balaban J connectivity index is 1.46. The van der Waals surface area contributed by atoms with Gasteiger partial charge >= 0.3 is 0 Å². The quantitative estimate of drug-likeness (QED) is 0.573. The number of hydrogen-bond donors (Lipinski definition) is 3. The molecular formula is C26H29FN4O3. The summed E-state index contributed by atoms with van der Waals surface area (Å²) in [4.78, 5) is 41.5. The number of halogens is 1. The van der Waals surface area contributed by atoms with Crippen LogP contribution in [0.5, 0.6) is 0 Å². The number of benzene rings is 1. The molecule has 3 amide bonds. The third-order valence-corrected chi connectivity index (χ3v) is 6.90. The minimum atomic E-state index is -0.583. The van der Waals surface area contributed by atoms with Gasteiger partial charge in [-0.3, -0.25) is 14.4 Å². The van der Waals surface area contributed by atoms with E-state index >= 15 is 0 Å². The van der Waals surface area contributed by atoms with Gasteiger partial charge in [0.2, 0.25) is 11.8 Å². The lowest BCUT2D eigenvalue weighted by molar-refractivity contribution is -0.135. The highest BCUT2D eigenvalue weighted by molar-refractivity contribution is 6.34. The minimum Gasteiger partial charge on any atom is -0.358 e. The van der Waals surface area contributed by atoms with Crippen molar-refractivity contribution in [3.05, 3.63) is 64.7 Å². The standard InChI is InChI=1S/C26H29FN4O3/c1-5-24(32)31(4)15(3)25(33)28-13-16-6-8-18-14(2)22(29-23(18)10-16)12-20-19-11-17(27)7-9-21(19)30-26(20)34/h5,7,9,11-12,15-16,29H,1,6,8,10,13H2,2-4H3,(H,28,33)(H,30,34)/t15-,16+/m0/s1. The number of fused-ring (bicyclic) bond motifs is 2. The van der Waals surface area contributed by atoms with Crippen molar-refractivity contribution in [3.63, 3.8) is 0 Å². The molecule has 34 heavy (non-hydrogen) atoms. The molecule has 2 aromatic rings. The molecule has 3 N–H and O–H groups in total. The maximum atomic E-state index is 13.8. The third kappa shape index (κ3) is 4.40. The fourth-order valence-corrected chi connectivity index (χ4v) is 4.64. The number of nitrogens with one attached hydrogen (secondary N) is 3. The summed E-state index contributed by atoms with van der Waals surface area (Å²) in [6.07, 6.45) is 5.54. The van der Waals surface area contributed by atoms with E-state index in [-0.39, 0.29) is 29.5 Å². The second-order valence-electron chi connectivity index (χ2n) is 9.01. The van der Waals surface area contributed by atoms with Crippen LogP contribution in [0.3, 0.4) is 0 Å². The average molecular weight is 465 g/mol. The molecule has 0 bridgehead atoms. The van der Waals surface area contributed by atoms with Gasteiger partial charge in [0.25, 0.3) is 5.91 Å². The van der Waals surface area contributed by atoms with Crippen molar-refractivity contribution < 1.29 is 18.8 Å². The lowest BCUT2D eigenvalue weighted by Crippen LogP contribution is -2.46. The van der Waals surface area contributed by atoms with E-state index in [4.69, 9.17) is 0 Å². The van der Waals surface area contributed by atoms with Crippen LogP contribution in [0.4, 0.5) is 10.1 Å². The van der Waals surface area contributed by atoms with E-state index in [1.807, 2.05) is 6.92 Å². The number of carbonyl (C=O) groups excluding carboxylic acids is 3. The first-order valence-electron chi connectivity index (χ1n) is 11.4. The molecule has 0 spiro atoms. The number of carbonyl (C=O) groups is 3. The second-order valence-corrected chi connectivity index (χ2v) is 9.01. The highest BCUT2D eigenvalue weighted by Gasteiger charge is 2.28. The van der Waals surface area contributed by atoms with E-state index in [1.54, 1.807) is 26.1 Å². The summed E-state index contributed by atoms with van der Waals surface area (Å²) in [5, 5.41) is 5.74. The lowest BCUT2D eigenvalue weighted by Gasteiger charge is -2.26. The average Bonchev–Trinajstić information content (AvgIpc) is 3.31. The minimum absolute atomic E-state index is 0.199. The first-order chi connectivity index (χ1) is 16.2. The van der Waals surface area contributed by atoms with Gasteiger partial charge in [-0.15, -0.1) is 0 Å². The van der Waals surface area contributed by atoms with Crippen molar-refractivity contribution >= 4 is 35.1 Å². The van der Waals surface area contributed by atoms with Crippen LogP contribution in [0.15, 0.2) is 30.9 Å². The Morgan fingerprint density at radius 1 is 1.38 bits per heavy atom. The summed E-state index contributed by atoms with van der Waals surface area (Å²) < 4.78 is 13.8. The normalized spacial score (nSPS) is 18.6. The van der Waals surface area contributed by atoms with Crippen LogP contribution in [-0.4, -0.2) is 47.2 Å². The number of nitrogens with zero attached hydrogens (tertiary/aromatic N) is 1. The summed E-state index contributed by atoms with van der Waals surface area (Å²) in [7, 11) is 1.58. The number of H-pyrrole nitrogens is 1. The van der Waals surface area contributed by atoms with Crippen LogP contribution in [0.25, 0.3) is 11.6 Å². The number of likely N-dealkylation sites (N-methyl/N-ethyl adjacent to an activating group) is 1. The SMILES string of the molecule is C=CC(=O)N(C)[C@@H](C)C(=O)NC[C@@H]1CCc2c([nH]c(C=C3C(=O)Nc4ccc(F)cc43)c2C)C1. The summed E-state index contributed by atoms with van der Waals surface area (Å²) >= 11 is 0. The number of hydrogen-bond acceptors (Lipinski definition) is 3. The van der Waals surface area contributed by atoms with Crippen LogP contribution in [0.1, 0.15) is 41.4 Å². The Bertz CT molecular complexity index is 1210. The number of aromatic amines is 1. The van der Waals surface area contributed by atoms with Gasteiger partial charge in [-0.2, -0.15) is 0 Å². The van der Waals surface area contributed by atoms with Crippen molar-refractivity contribution in [2.24, 2.45) is 5.92 Å². The van der Waals surface area contributed by atoms with Crippen LogP contribution >= 0.6 is 0 Å². The molecular weight excluding hydrogens is 435 g/mol. The van der Waals surface area contributed by atoms with Crippen molar-refractivity contribution in [2.45, 2.75) is 39.2 Å². The van der Waals surface area contributed by atoms with E-state index < -0.39 is 6.04 Å². The van der Waals surface area contributed by atoms with E-state index in [2.05, 4.69) is 22.2 Å². The first kappa shape index (κ1) is 23.5. The maximum absolute atomic E-state index is 13.8. The van der Waals surface area contributed by atoms with E-state index in [9.17, 15) is 18.8 Å². The summed E-state index contributed by atoms with van der Waals surface area (Å²) in [6, 6.07) is 3.69.